The van der Waals surface area contributed by atoms with E-state index in [1.807, 2.05) is 36.1 Å². The molecular weight excluding hydrogens is 201 g/mol. The van der Waals surface area contributed by atoms with Gasteiger partial charge in [0.25, 0.3) is 0 Å². The van der Waals surface area contributed by atoms with Gasteiger partial charge in [0, 0.05) is 16.6 Å². The summed E-state index contributed by atoms with van der Waals surface area (Å²) in [5.74, 6) is 0. The molecule has 0 spiro atoms. The largest absolute Gasteiger partial charge is 1.00 e. The molecule has 0 bridgehead atoms. The lowest BCUT2D eigenvalue weighted by Crippen LogP contribution is -3.00. The summed E-state index contributed by atoms with van der Waals surface area (Å²) in [6.45, 7) is 0. The normalized spacial score (nSPS) is 8.22. The molecule has 9 heavy (non-hydrogen) atoms. The summed E-state index contributed by atoms with van der Waals surface area (Å²) in [7, 11) is 1.99. The minimum atomic E-state index is 0. The summed E-state index contributed by atoms with van der Waals surface area (Å²) < 4.78 is 3.11. The average molecular weight is 208 g/mol. The van der Waals surface area contributed by atoms with Gasteiger partial charge in [0.05, 0.1) is 0 Å². The van der Waals surface area contributed by atoms with Crippen molar-refractivity contribution in [1.82, 2.24) is 0 Å². The summed E-state index contributed by atoms with van der Waals surface area (Å²) in [4.78, 5) is 0. The molecule has 0 amide bonds. The number of hydrogen-bond donors (Lipinski definition) is 0. The second kappa shape index (κ2) is 3.85. The average Bonchev–Trinajstić information content (AvgIpc) is 1.77. The lowest BCUT2D eigenvalue weighted by atomic mass is 10.5. The van der Waals surface area contributed by atoms with Gasteiger partial charge in [0.1, 0.15) is 7.05 Å². The van der Waals surface area contributed by atoms with Crippen molar-refractivity contribution in [1.29, 1.82) is 0 Å². The maximum absolute atomic E-state index is 3.33. The fourth-order valence-electron chi connectivity index (χ4n) is 0.483. The van der Waals surface area contributed by atoms with E-state index in [-0.39, 0.29) is 12.4 Å². The van der Waals surface area contributed by atoms with E-state index >= 15 is 0 Å². The molecule has 0 saturated heterocycles. The van der Waals surface area contributed by atoms with Gasteiger partial charge < -0.3 is 12.4 Å². The molecule has 0 N–H and O–H groups in total. The predicted octanol–water partition coefficient (Wildman–Crippen LogP) is -1.72. The molecular formula is C6H7BrClN. The number of hydrogen-bond acceptors (Lipinski definition) is 0. The van der Waals surface area contributed by atoms with Crippen molar-refractivity contribution < 1.29 is 17.0 Å². The van der Waals surface area contributed by atoms with E-state index in [9.17, 15) is 0 Å². The Balaban J connectivity index is 0.000000640. The highest BCUT2D eigenvalue weighted by Gasteiger charge is 1.87. The SMILES string of the molecule is C[n+]1ccc(Br)cc1.[Cl-]. The minimum Gasteiger partial charge on any atom is -1.00 e. The summed E-state index contributed by atoms with van der Waals surface area (Å²) in [6, 6.07) is 4.00. The van der Waals surface area contributed by atoms with Gasteiger partial charge in [0.2, 0.25) is 0 Å². The Morgan fingerprint density at radius 2 is 1.78 bits per heavy atom. The number of halogens is 2. The molecule has 3 heteroatoms. The van der Waals surface area contributed by atoms with Crippen LogP contribution in [0.5, 0.6) is 0 Å². The molecule has 0 fully saturated rings. The summed E-state index contributed by atoms with van der Waals surface area (Å²) in [6.07, 6.45) is 3.98. The standard InChI is InChI=1S/C6H7BrN.ClH/c1-8-4-2-6(7)3-5-8;/h2-5H,1H3;1H/q+1;/p-1. The fraction of sp³-hybridized carbons (Fsp3) is 0.167. The third-order valence-electron chi connectivity index (χ3n) is 0.938. The Labute approximate surface area is 69.2 Å². The predicted molar refractivity (Wildman–Crippen MR) is 35.3 cm³/mol. The maximum Gasteiger partial charge on any atom is 0.169 e. The first kappa shape index (κ1) is 8.92. The van der Waals surface area contributed by atoms with Crippen molar-refractivity contribution in [2.75, 3.05) is 0 Å². The van der Waals surface area contributed by atoms with Crippen LogP contribution in [0.25, 0.3) is 0 Å². The molecule has 1 aromatic heterocycles. The first-order chi connectivity index (χ1) is 3.79. The van der Waals surface area contributed by atoms with Crippen molar-refractivity contribution in [3.63, 3.8) is 0 Å². The van der Waals surface area contributed by atoms with Crippen LogP contribution < -0.4 is 17.0 Å². The number of pyridine rings is 1. The molecule has 1 nitrogen and oxygen atoms in total. The van der Waals surface area contributed by atoms with Gasteiger partial charge in [-0.15, -0.1) is 0 Å². The molecule has 0 aliphatic carbocycles. The van der Waals surface area contributed by atoms with E-state index in [4.69, 9.17) is 0 Å². The quantitative estimate of drug-likeness (QED) is 0.447. The van der Waals surface area contributed by atoms with Crippen LogP contribution in [0.15, 0.2) is 29.0 Å². The van der Waals surface area contributed by atoms with Crippen molar-refractivity contribution >= 4 is 15.9 Å². The fourth-order valence-corrected chi connectivity index (χ4v) is 0.719. The lowest BCUT2D eigenvalue weighted by Gasteiger charge is -1.83. The summed E-state index contributed by atoms with van der Waals surface area (Å²) in [5, 5.41) is 0. The molecule has 0 unspecified atom stereocenters. The van der Waals surface area contributed by atoms with Crippen molar-refractivity contribution in [2.45, 2.75) is 0 Å². The Hall–Kier alpha value is -0.0800. The molecule has 1 aromatic rings. The molecule has 0 aromatic carbocycles. The Bertz CT molecular complexity index is 152. The van der Waals surface area contributed by atoms with E-state index in [0.29, 0.717) is 0 Å². The molecule has 0 saturated carbocycles. The van der Waals surface area contributed by atoms with Crippen molar-refractivity contribution in [2.24, 2.45) is 7.05 Å². The number of rotatable bonds is 0. The van der Waals surface area contributed by atoms with Crippen molar-refractivity contribution in [3.8, 4) is 0 Å². The Morgan fingerprint density at radius 1 is 1.33 bits per heavy atom. The van der Waals surface area contributed by atoms with Crippen molar-refractivity contribution in [3.05, 3.63) is 29.0 Å². The topological polar surface area (TPSA) is 3.88 Å². The summed E-state index contributed by atoms with van der Waals surface area (Å²) in [5.41, 5.74) is 0. The van der Waals surface area contributed by atoms with E-state index < -0.39 is 0 Å². The zero-order chi connectivity index (χ0) is 5.98. The van der Waals surface area contributed by atoms with Crippen LogP contribution in [-0.4, -0.2) is 0 Å². The van der Waals surface area contributed by atoms with E-state index in [0.717, 1.165) is 4.47 Å². The first-order valence-electron chi connectivity index (χ1n) is 2.40. The van der Waals surface area contributed by atoms with E-state index in [1.54, 1.807) is 0 Å². The molecule has 0 aliphatic rings. The second-order valence-electron chi connectivity index (χ2n) is 1.68. The zero-order valence-corrected chi connectivity index (χ0v) is 7.35. The van der Waals surface area contributed by atoms with Gasteiger partial charge in [-0.1, -0.05) is 15.9 Å². The van der Waals surface area contributed by atoms with Crippen LogP contribution >= 0.6 is 15.9 Å². The third kappa shape index (κ3) is 2.82. The van der Waals surface area contributed by atoms with Crippen LogP contribution in [0.1, 0.15) is 0 Å². The second-order valence-corrected chi connectivity index (χ2v) is 2.60. The third-order valence-corrected chi connectivity index (χ3v) is 1.47. The van der Waals surface area contributed by atoms with E-state index in [2.05, 4.69) is 15.9 Å². The van der Waals surface area contributed by atoms with Crippen LogP contribution in [0.4, 0.5) is 0 Å². The smallest absolute Gasteiger partial charge is 0.169 e. The number of aryl methyl sites for hydroxylation is 1. The van der Waals surface area contributed by atoms with Crippen LogP contribution in [-0.2, 0) is 7.05 Å². The molecule has 0 radical (unpaired) electrons. The molecule has 50 valence electrons. The highest BCUT2D eigenvalue weighted by Crippen LogP contribution is 2.02. The van der Waals surface area contributed by atoms with Gasteiger partial charge in [-0.25, -0.2) is 4.57 Å². The van der Waals surface area contributed by atoms with Crippen LogP contribution in [0, 0.1) is 0 Å². The van der Waals surface area contributed by atoms with Crippen LogP contribution in [0.3, 0.4) is 0 Å². The molecule has 1 heterocycles. The Kier molecular flexibility index (Phi) is 3.82. The lowest BCUT2D eigenvalue weighted by molar-refractivity contribution is -0.671. The molecule has 0 atom stereocenters. The minimum absolute atomic E-state index is 0. The number of aromatic nitrogens is 1. The maximum atomic E-state index is 3.33. The number of nitrogens with zero attached hydrogens (tertiary/aromatic N) is 1. The molecule has 0 aliphatic heterocycles. The highest BCUT2D eigenvalue weighted by atomic mass is 79.9. The zero-order valence-electron chi connectivity index (χ0n) is 5.01. The van der Waals surface area contributed by atoms with Gasteiger partial charge >= 0.3 is 0 Å². The Morgan fingerprint density at radius 3 is 2.11 bits per heavy atom. The van der Waals surface area contributed by atoms with Gasteiger partial charge in [-0.3, -0.25) is 0 Å². The first-order valence-corrected chi connectivity index (χ1v) is 3.19. The van der Waals surface area contributed by atoms with Gasteiger partial charge in [0.15, 0.2) is 12.4 Å². The van der Waals surface area contributed by atoms with Crippen LogP contribution in [0.2, 0.25) is 0 Å². The van der Waals surface area contributed by atoms with Gasteiger partial charge in [-0.05, 0) is 0 Å². The summed E-state index contributed by atoms with van der Waals surface area (Å²) >= 11 is 3.33. The monoisotopic (exact) mass is 207 g/mol. The van der Waals surface area contributed by atoms with E-state index in [1.165, 1.54) is 0 Å². The van der Waals surface area contributed by atoms with Gasteiger partial charge in [-0.2, -0.15) is 0 Å². The molecule has 1 rings (SSSR count). The highest BCUT2D eigenvalue weighted by molar-refractivity contribution is 9.10.